The van der Waals surface area contributed by atoms with Crippen LogP contribution in [-0.2, 0) is 4.74 Å². The number of halogens is 3. The third-order valence-corrected chi connectivity index (χ3v) is 3.40. The molecular formula is C12H11BrF2O2. The van der Waals surface area contributed by atoms with E-state index < -0.39 is 17.7 Å². The Labute approximate surface area is 106 Å². The van der Waals surface area contributed by atoms with Crippen molar-refractivity contribution in [3.8, 4) is 0 Å². The topological polar surface area (TPSA) is 29.5 Å². The monoisotopic (exact) mass is 304 g/mol. The highest BCUT2D eigenvalue weighted by Gasteiger charge is 2.22. The van der Waals surface area contributed by atoms with Gasteiger partial charge in [0.2, 0.25) is 0 Å². The molecule has 92 valence electrons. The molecule has 0 amide bonds. The van der Waals surface area contributed by atoms with Gasteiger partial charge in [-0.2, -0.15) is 0 Å². The first-order valence-corrected chi connectivity index (χ1v) is 6.05. The molecule has 1 heterocycles. The average Bonchev–Trinajstić information content (AvgIpc) is 2.36. The second kappa shape index (κ2) is 5.14. The summed E-state index contributed by atoms with van der Waals surface area (Å²) in [5.41, 5.74) is 0.261. The van der Waals surface area contributed by atoms with Crippen LogP contribution >= 0.6 is 15.9 Å². The van der Waals surface area contributed by atoms with Gasteiger partial charge < -0.3 is 9.84 Å². The lowest BCUT2D eigenvalue weighted by atomic mass is 10.1. The molecule has 0 aliphatic carbocycles. The van der Waals surface area contributed by atoms with Crippen molar-refractivity contribution in [3.63, 3.8) is 0 Å². The summed E-state index contributed by atoms with van der Waals surface area (Å²) in [7, 11) is 0. The highest BCUT2D eigenvalue weighted by atomic mass is 79.9. The highest BCUT2D eigenvalue weighted by Crippen LogP contribution is 2.33. The van der Waals surface area contributed by atoms with E-state index in [0.29, 0.717) is 12.4 Å². The largest absolute Gasteiger partial charge is 0.495 e. The quantitative estimate of drug-likeness (QED) is 0.848. The smallest absolute Gasteiger partial charge is 0.173 e. The van der Waals surface area contributed by atoms with E-state index in [-0.39, 0.29) is 10.0 Å². The van der Waals surface area contributed by atoms with Crippen molar-refractivity contribution >= 4 is 15.9 Å². The Balaban J connectivity index is 2.34. The Morgan fingerprint density at radius 1 is 1.35 bits per heavy atom. The molecule has 1 N–H and O–H groups in total. The van der Waals surface area contributed by atoms with Crippen LogP contribution in [0.1, 0.15) is 24.5 Å². The summed E-state index contributed by atoms with van der Waals surface area (Å²) in [6.07, 6.45) is 2.41. The first-order chi connectivity index (χ1) is 8.11. The summed E-state index contributed by atoms with van der Waals surface area (Å²) < 4.78 is 31.5. The lowest BCUT2D eigenvalue weighted by Crippen LogP contribution is -2.11. The molecule has 0 saturated carbocycles. The van der Waals surface area contributed by atoms with E-state index in [1.54, 1.807) is 6.08 Å². The molecule has 1 aliphatic heterocycles. The van der Waals surface area contributed by atoms with E-state index in [9.17, 15) is 13.9 Å². The molecule has 0 spiro atoms. The third kappa shape index (κ3) is 2.50. The Morgan fingerprint density at radius 2 is 2.12 bits per heavy atom. The highest BCUT2D eigenvalue weighted by molar-refractivity contribution is 9.10. The summed E-state index contributed by atoms with van der Waals surface area (Å²) in [5, 5.41) is 10.0. The number of allylic oxidation sites excluding steroid dienone is 1. The fourth-order valence-electron chi connectivity index (χ4n) is 1.67. The van der Waals surface area contributed by atoms with Crippen LogP contribution in [-0.4, -0.2) is 11.7 Å². The molecule has 1 aromatic rings. The number of hydrogen-bond acceptors (Lipinski definition) is 2. The van der Waals surface area contributed by atoms with Crippen LogP contribution < -0.4 is 0 Å². The van der Waals surface area contributed by atoms with Gasteiger partial charge in [0.1, 0.15) is 11.9 Å². The molecule has 0 saturated heterocycles. The Morgan fingerprint density at radius 3 is 2.76 bits per heavy atom. The summed E-state index contributed by atoms with van der Waals surface area (Å²) in [4.78, 5) is 0. The molecule has 0 fully saturated rings. The van der Waals surface area contributed by atoms with E-state index in [1.807, 2.05) is 0 Å². The van der Waals surface area contributed by atoms with E-state index in [1.165, 1.54) is 6.07 Å². The minimum atomic E-state index is -1.07. The number of aliphatic hydroxyl groups is 1. The lowest BCUT2D eigenvalue weighted by molar-refractivity contribution is 0.0911. The Hall–Kier alpha value is -0.940. The zero-order valence-corrected chi connectivity index (χ0v) is 10.5. The van der Waals surface area contributed by atoms with E-state index >= 15 is 0 Å². The molecule has 0 radical (unpaired) electrons. The number of aliphatic hydroxyl groups excluding tert-OH is 1. The molecular weight excluding hydrogens is 294 g/mol. The van der Waals surface area contributed by atoms with Gasteiger partial charge in [-0.25, -0.2) is 8.78 Å². The van der Waals surface area contributed by atoms with Crippen molar-refractivity contribution in [1.29, 1.82) is 0 Å². The minimum absolute atomic E-state index is 0.0694. The van der Waals surface area contributed by atoms with Gasteiger partial charge in [0.15, 0.2) is 11.6 Å². The summed E-state index contributed by atoms with van der Waals surface area (Å²) >= 11 is 2.94. The van der Waals surface area contributed by atoms with Gasteiger partial charge >= 0.3 is 0 Å². The summed E-state index contributed by atoms with van der Waals surface area (Å²) in [6.45, 7) is 0.532. The van der Waals surface area contributed by atoms with Crippen LogP contribution in [0.3, 0.4) is 0 Å². The second-order valence-electron chi connectivity index (χ2n) is 3.76. The van der Waals surface area contributed by atoms with Crippen molar-refractivity contribution in [2.24, 2.45) is 0 Å². The van der Waals surface area contributed by atoms with E-state index in [0.717, 1.165) is 18.9 Å². The first kappa shape index (κ1) is 12.5. The number of rotatable bonds is 2. The maximum atomic E-state index is 13.3. The molecule has 1 aromatic carbocycles. The molecule has 1 atom stereocenters. The normalized spacial score (nSPS) is 17.3. The van der Waals surface area contributed by atoms with Crippen molar-refractivity contribution < 1.29 is 18.6 Å². The molecule has 0 aromatic heterocycles. The Kier molecular flexibility index (Phi) is 3.79. The van der Waals surface area contributed by atoms with Crippen molar-refractivity contribution in [1.82, 2.24) is 0 Å². The zero-order valence-electron chi connectivity index (χ0n) is 8.92. The van der Waals surface area contributed by atoms with Crippen LogP contribution in [0.4, 0.5) is 8.78 Å². The minimum Gasteiger partial charge on any atom is -0.495 e. The molecule has 1 aliphatic rings. The summed E-state index contributed by atoms with van der Waals surface area (Å²) in [6, 6.07) is 2.33. The number of hydrogen-bond donors (Lipinski definition) is 1. The first-order valence-electron chi connectivity index (χ1n) is 5.25. The Bertz CT molecular complexity index is 460. The molecule has 1 unspecified atom stereocenters. The van der Waals surface area contributed by atoms with Crippen molar-refractivity contribution in [2.45, 2.75) is 18.9 Å². The van der Waals surface area contributed by atoms with Crippen LogP contribution in [0.25, 0.3) is 0 Å². The van der Waals surface area contributed by atoms with Gasteiger partial charge in [-0.05, 0) is 40.9 Å². The van der Waals surface area contributed by atoms with Crippen LogP contribution in [0.2, 0.25) is 0 Å². The van der Waals surface area contributed by atoms with Crippen LogP contribution in [0.15, 0.2) is 28.4 Å². The van der Waals surface area contributed by atoms with Crippen LogP contribution in [0, 0.1) is 11.6 Å². The van der Waals surface area contributed by atoms with Gasteiger partial charge in [0.05, 0.1) is 11.1 Å². The van der Waals surface area contributed by atoms with E-state index in [4.69, 9.17) is 4.74 Å². The predicted octanol–water partition coefficient (Wildman–Crippen LogP) is 3.46. The third-order valence-electron chi connectivity index (χ3n) is 2.59. The number of benzene rings is 1. The number of ether oxygens (including phenoxy) is 1. The van der Waals surface area contributed by atoms with Crippen molar-refractivity contribution in [3.05, 3.63) is 45.6 Å². The van der Waals surface area contributed by atoms with Gasteiger partial charge in [-0.1, -0.05) is 6.07 Å². The standard InChI is InChI=1S/C12H11BrF2O2/c13-10-7(4-5-8(14)11(10)15)12(16)9-3-1-2-6-17-9/h3-5,12,16H,1-2,6H2. The predicted molar refractivity (Wildman–Crippen MR) is 62.3 cm³/mol. The fourth-order valence-corrected chi connectivity index (χ4v) is 2.21. The van der Waals surface area contributed by atoms with Gasteiger partial charge in [-0.3, -0.25) is 0 Å². The lowest BCUT2D eigenvalue weighted by Gasteiger charge is -2.21. The second-order valence-corrected chi connectivity index (χ2v) is 4.56. The maximum Gasteiger partial charge on any atom is 0.173 e. The van der Waals surface area contributed by atoms with Gasteiger partial charge in [-0.15, -0.1) is 0 Å². The van der Waals surface area contributed by atoms with E-state index in [2.05, 4.69) is 15.9 Å². The molecule has 0 bridgehead atoms. The SMILES string of the molecule is OC(C1=CCCCO1)c1ccc(F)c(F)c1Br. The fraction of sp³-hybridized carbons (Fsp3) is 0.333. The average molecular weight is 305 g/mol. The van der Waals surface area contributed by atoms with Gasteiger partial charge in [0.25, 0.3) is 0 Å². The van der Waals surface area contributed by atoms with Crippen molar-refractivity contribution in [2.75, 3.05) is 6.61 Å². The maximum absolute atomic E-state index is 13.3. The molecule has 5 heteroatoms. The summed E-state index contributed by atoms with van der Waals surface area (Å²) in [5.74, 6) is -1.56. The molecule has 2 rings (SSSR count). The molecule has 2 nitrogen and oxygen atoms in total. The van der Waals surface area contributed by atoms with Crippen LogP contribution in [0.5, 0.6) is 0 Å². The van der Waals surface area contributed by atoms with Gasteiger partial charge in [0, 0.05) is 5.56 Å². The molecule has 17 heavy (non-hydrogen) atoms. The zero-order chi connectivity index (χ0) is 12.4.